The standard InChI is InChI=1S/C12H12F3NO2/c1-8(7-12(13,14)15)10(11(17)18)16-9-5-3-2-4-6-9/h2-6,16H,7H2,1H3,(H,17,18)/b10-8+. The number of rotatable bonds is 4. The van der Waals surface area contributed by atoms with Crippen LogP contribution < -0.4 is 5.32 Å². The molecule has 0 radical (unpaired) electrons. The molecule has 3 nitrogen and oxygen atoms in total. The Bertz CT molecular complexity index is 452. The average Bonchev–Trinajstić information content (AvgIpc) is 2.24. The van der Waals surface area contributed by atoms with Crippen LogP contribution in [0.15, 0.2) is 41.6 Å². The normalized spacial score (nSPS) is 12.9. The minimum absolute atomic E-state index is 0.265. The fourth-order valence-electron chi connectivity index (χ4n) is 1.40. The Kier molecular flexibility index (Phi) is 4.36. The molecule has 2 N–H and O–H groups in total. The number of alkyl halides is 3. The van der Waals surface area contributed by atoms with Crippen molar-refractivity contribution in [3.8, 4) is 0 Å². The highest BCUT2D eigenvalue weighted by Crippen LogP contribution is 2.26. The lowest BCUT2D eigenvalue weighted by atomic mass is 10.1. The van der Waals surface area contributed by atoms with Crippen LogP contribution in [-0.2, 0) is 4.79 Å². The number of hydrogen-bond donors (Lipinski definition) is 2. The zero-order chi connectivity index (χ0) is 13.8. The van der Waals surface area contributed by atoms with Gasteiger partial charge in [-0.15, -0.1) is 0 Å². The maximum absolute atomic E-state index is 12.2. The highest BCUT2D eigenvalue weighted by Gasteiger charge is 2.29. The van der Waals surface area contributed by atoms with Gasteiger partial charge in [-0.1, -0.05) is 18.2 Å². The molecule has 98 valence electrons. The molecule has 0 atom stereocenters. The van der Waals surface area contributed by atoms with Crippen molar-refractivity contribution >= 4 is 11.7 Å². The molecule has 0 aliphatic heterocycles. The summed E-state index contributed by atoms with van der Waals surface area (Å²) in [5.41, 5.74) is -0.284. The van der Waals surface area contributed by atoms with Gasteiger partial charge in [-0.2, -0.15) is 13.2 Å². The van der Waals surface area contributed by atoms with Crippen LogP contribution in [-0.4, -0.2) is 17.3 Å². The van der Waals surface area contributed by atoms with Gasteiger partial charge in [0, 0.05) is 5.69 Å². The molecule has 0 bridgehead atoms. The van der Waals surface area contributed by atoms with E-state index in [9.17, 15) is 18.0 Å². The fourth-order valence-corrected chi connectivity index (χ4v) is 1.40. The summed E-state index contributed by atoms with van der Waals surface area (Å²) >= 11 is 0. The molecule has 6 heteroatoms. The molecule has 1 rings (SSSR count). The smallest absolute Gasteiger partial charge is 0.392 e. The van der Waals surface area contributed by atoms with Crippen LogP contribution in [0.2, 0.25) is 0 Å². The topological polar surface area (TPSA) is 49.3 Å². The molecular formula is C12H12F3NO2. The lowest BCUT2D eigenvalue weighted by molar-refractivity contribution is -0.133. The van der Waals surface area contributed by atoms with Crippen LogP contribution in [0.1, 0.15) is 13.3 Å². The Hall–Kier alpha value is -1.98. The van der Waals surface area contributed by atoms with Crippen molar-refractivity contribution in [1.29, 1.82) is 0 Å². The summed E-state index contributed by atoms with van der Waals surface area (Å²) in [4.78, 5) is 10.9. The van der Waals surface area contributed by atoms with Crippen molar-refractivity contribution in [3.05, 3.63) is 41.6 Å². The second kappa shape index (κ2) is 5.57. The summed E-state index contributed by atoms with van der Waals surface area (Å²) in [5, 5.41) is 11.4. The molecule has 0 amide bonds. The molecule has 1 aromatic carbocycles. The summed E-state index contributed by atoms with van der Waals surface area (Å²) in [7, 11) is 0. The Morgan fingerprint density at radius 2 is 1.83 bits per heavy atom. The number of para-hydroxylation sites is 1. The highest BCUT2D eigenvalue weighted by molar-refractivity contribution is 5.91. The minimum Gasteiger partial charge on any atom is -0.477 e. The van der Waals surface area contributed by atoms with E-state index in [4.69, 9.17) is 5.11 Å². The second-order valence-corrected chi connectivity index (χ2v) is 3.74. The van der Waals surface area contributed by atoms with E-state index >= 15 is 0 Å². The molecule has 0 spiro atoms. The van der Waals surface area contributed by atoms with Gasteiger partial charge >= 0.3 is 12.1 Å². The molecular weight excluding hydrogens is 247 g/mol. The number of halogens is 3. The van der Waals surface area contributed by atoms with Gasteiger partial charge in [0.25, 0.3) is 0 Å². The number of benzene rings is 1. The van der Waals surface area contributed by atoms with Gasteiger partial charge in [0.1, 0.15) is 5.70 Å². The van der Waals surface area contributed by atoms with Crippen LogP contribution in [0.4, 0.5) is 18.9 Å². The first kappa shape index (κ1) is 14.1. The largest absolute Gasteiger partial charge is 0.477 e. The highest BCUT2D eigenvalue weighted by atomic mass is 19.4. The fraction of sp³-hybridized carbons (Fsp3) is 0.250. The second-order valence-electron chi connectivity index (χ2n) is 3.74. The van der Waals surface area contributed by atoms with Crippen molar-refractivity contribution in [2.75, 3.05) is 5.32 Å². The molecule has 0 unspecified atom stereocenters. The lowest BCUT2D eigenvalue weighted by Gasteiger charge is -2.12. The van der Waals surface area contributed by atoms with E-state index in [1.54, 1.807) is 30.3 Å². The van der Waals surface area contributed by atoms with E-state index in [-0.39, 0.29) is 5.57 Å². The quantitative estimate of drug-likeness (QED) is 0.814. The summed E-state index contributed by atoms with van der Waals surface area (Å²) < 4.78 is 36.6. The predicted octanol–water partition coefficient (Wildman–Crippen LogP) is 3.41. The Morgan fingerprint density at radius 1 is 1.28 bits per heavy atom. The first-order valence-electron chi connectivity index (χ1n) is 5.11. The van der Waals surface area contributed by atoms with E-state index in [1.165, 1.54) is 0 Å². The molecule has 0 aromatic heterocycles. The lowest BCUT2D eigenvalue weighted by Crippen LogP contribution is -2.16. The van der Waals surface area contributed by atoms with E-state index < -0.39 is 24.3 Å². The molecule has 0 saturated heterocycles. The maximum atomic E-state index is 12.2. The number of carbonyl (C=O) groups is 1. The van der Waals surface area contributed by atoms with Gasteiger partial charge in [-0.25, -0.2) is 4.79 Å². The summed E-state index contributed by atoms with van der Waals surface area (Å²) in [5.74, 6) is -1.42. The van der Waals surface area contributed by atoms with E-state index in [2.05, 4.69) is 5.32 Å². The first-order valence-corrected chi connectivity index (χ1v) is 5.11. The van der Waals surface area contributed by atoms with Gasteiger partial charge in [0.05, 0.1) is 6.42 Å². The third kappa shape index (κ3) is 4.48. The van der Waals surface area contributed by atoms with E-state index in [0.29, 0.717) is 5.69 Å². The van der Waals surface area contributed by atoms with E-state index in [1.807, 2.05) is 0 Å². The maximum Gasteiger partial charge on any atom is 0.392 e. The third-order valence-corrected chi connectivity index (χ3v) is 2.15. The Labute approximate surface area is 102 Å². The molecule has 0 aliphatic rings. The summed E-state index contributed by atoms with van der Waals surface area (Å²) in [6.45, 7) is 1.15. The third-order valence-electron chi connectivity index (χ3n) is 2.15. The zero-order valence-electron chi connectivity index (χ0n) is 9.58. The van der Waals surface area contributed by atoms with Crippen molar-refractivity contribution in [1.82, 2.24) is 0 Å². The molecule has 1 aromatic rings. The molecule has 18 heavy (non-hydrogen) atoms. The van der Waals surface area contributed by atoms with Crippen molar-refractivity contribution in [3.63, 3.8) is 0 Å². The Balaban J connectivity index is 2.96. The van der Waals surface area contributed by atoms with Gasteiger partial charge < -0.3 is 10.4 Å². The zero-order valence-corrected chi connectivity index (χ0v) is 9.58. The number of hydrogen-bond acceptors (Lipinski definition) is 2. The van der Waals surface area contributed by atoms with Gasteiger partial charge in [-0.3, -0.25) is 0 Å². The molecule has 0 heterocycles. The minimum atomic E-state index is -4.43. The van der Waals surface area contributed by atoms with Crippen LogP contribution in [0.3, 0.4) is 0 Å². The van der Waals surface area contributed by atoms with Crippen molar-refractivity contribution < 1.29 is 23.1 Å². The van der Waals surface area contributed by atoms with Crippen LogP contribution >= 0.6 is 0 Å². The van der Waals surface area contributed by atoms with Gasteiger partial charge in [0.15, 0.2) is 0 Å². The van der Waals surface area contributed by atoms with Crippen LogP contribution in [0, 0.1) is 0 Å². The predicted molar refractivity (Wildman–Crippen MR) is 61.1 cm³/mol. The molecule has 0 fully saturated rings. The number of nitrogens with one attached hydrogen (secondary N) is 1. The molecule has 0 aliphatic carbocycles. The number of allylic oxidation sites excluding steroid dienone is 1. The summed E-state index contributed by atoms with van der Waals surface area (Å²) in [6, 6.07) is 8.17. The summed E-state index contributed by atoms with van der Waals surface area (Å²) in [6.07, 6.45) is -5.68. The van der Waals surface area contributed by atoms with Gasteiger partial charge in [-0.05, 0) is 24.6 Å². The number of aliphatic carboxylic acids is 1. The Morgan fingerprint density at radius 3 is 2.28 bits per heavy atom. The first-order chi connectivity index (χ1) is 8.29. The number of carboxylic acids is 1. The van der Waals surface area contributed by atoms with Gasteiger partial charge in [0.2, 0.25) is 0 Å². The molecule has 0 saturated carbocycles. The van der Waals surface area contributed by atoms with Crippen LogP contribution in [0.25, 0.3) is 0 Å². The number of anilines is 1. The number of carboxylic acid groups (broad SMARTS) is 1. The van der Waals surface area contributed by atoms with Crippen molar-refractivity contribution in [2.45, 2.75) is 19.5 Å². The average molecular weight is 259 g/mol. The van der Waals surface area contributed by atoms with Crippen molar-refractivity contribution in [2.24, 2.45) is 0 Å². The van der Waals surface area contributed by atoms with E-state index in [0.717, 1.165) is 6.92 Å². The van der Waals surface area contributed by atoms with Crippen LogP contribution in [0.5, 0.6) is 0 Å². The SMILES string of the molecule is C/C(CC(F)(F)F)=C(\Nc1ccccc1)C(=O)O. The monoisotopic (exact) mass is 259 g/mol.